The summed E-state index contributed by atoms with van der Waals surface area (Å²) in [5, 5.41) is 11.4. The largest absolute Gasteiger partial charge is 0.390 e. The summed E-state index contributed by atoms with van der Waals surface area (Å²) in [6, 6.07) is 7.99. The van der Waals surface area contributed by atoms with Gasteiger partial charge in [-0.1, -0.05) is 32.0 Å². The summed E-state index contributed by atoms with van der Waals surface area (Å²) in [6.45, 7) is 6.69. The van der Waals surface area contributed by atoms with E-state index < -0.39 is 5.60 Å². The van der Waals surface area contributed by atoms with Crippen LogP contribution in [0.5, 0.6) is 0 Å². The van der Waals surface area contributed by atoms with Crippen LogP contribution in [-0.2, 0) is 13.0 Å². The molecule has 0 fully saturated rings. The van der Waals surface area contributed by atoms with Gasteiger partial charge in [0.1, 0.15) is 11.3 Å². The number of aryl methyl sites for hydroxylation is 2. The molecule has 0 radical (unpaired) electrons. The third-order valence-electron chi connectivity index (χ3n) is 4.64. The molecule has 2 heterocycles. The highest BCUT2D eigenvalue weighted by Crippen LogP contribution is 2.30. The number of fused-ring (bicyclic) bond motifs is 3. The molecule has 23 heavy (non-hydrogen) atoms. The quantitative estimate of drug-likeness (QED) is 0.758. The van der Waals surface area contributed by atoms with E-state index in [-0.39, 0.29) is 0 Å². The highest BCUT2D eigenvalue weighted by molar-refractivity contribution is 6.06. The molecule has 3 N–H and O–H groups in total. The second kappa shape index (κ2) is 5.81. The average molecular weight is 312 g/mol. The zero-order chi connectivity index (χ0) is 16.6. The van der Waals surface area contributed by atoms with Crippen LogP contribution in [0.15, 0.2) is 24.3 Å². The van der Waals surface area contributed by atoms with Crippen molar-refractivity contribution in [2.75, 3.05) is 5.73 Å². The molecule has 1 aromatic carbocycles. The topological polar surface area (TPSA) is 77.0 Å². The summed E-state index contributed by atoms with van der Waals surface area (Å²) in [6.07, 6.45) is 2.22. The van der Waals surface area contributed by atoms with Gasteiger partial charge in [-0.25, -0.2) is 9.97 Å². The Morgan fingerprint density at radius 1 is 1.22 bits per heavy atom. The van der Waals surface area contributed by atoms with Crippen LogP contribution in [-0.4, -0.2) is 25.2 Å². The van der Waals surface area contributed by atoms with Crippen molar-refractivity contribution >= 4 is 27.8 Å². The molecule has 0 amide bonds. The predicted molar refractivity (Wildman–Crippen MR) is 94.4 cm³/mol. The van der Waals surface area contributed by atoms with Crippen molar-refractivity contribution in [3.63, 3.8) is 0 Å². The van der Waals surface area contributed by atoms with Gasteiger partial charge >= 0.3 is 0 Å². The molecular formula is C18H24N4O. The lowest BCUT2D eigenvalue weighted by Crippen LogP contribution is -2.25. The van der Waals surface area contributed by atoms with E-state index in [1.807, 2.05) is 32.0 Å². The Hall–Kier alpha value is -2.14. The van der Waals surface area contributed by atoms with E-state index in [2.05, 4.69) is 22.5 Å². The summed E-state index contributed by atoms with van der Waals surface area (Å²) in [5.74, 6) is 1.45. The molecule has 1 unspecified atom stereocenters. The van der Waals surface area contributed by atoms with Crippen molar-refractivity contribution in [1.82, 2.24) is 14.5 Å². The molecular weight excluding hydrogens is 288 g/mol. The van der Waals surface area contributed by atoms with Crippen molar-refractivity contribution in [2.45, 2.75) is 52.2 Å². The number of pyridine rings is 1. The maximum atomic E-state index is 10.4. The monoisotopic (exact) mass is 312 g/mol. The van der Waals surface area contributed by atoms with E-state index in [0.29, 0.717) is 18.8 Å². The molecule has 122 valence electrons. The lowest BCUT2D eigenvalue weighted by atomic mass is 9.99. The van der Waals surface area contributed by atoms with E-state index in [4.69, 9.17) is 10.7 Å². The average Bonchev–Trinajstić information content (AvgIpc) is 2.93. The molecule has 0 aliphatic heterocycles. The maximum absolute atomic E-state index is 10.4. The number of hydrogen-bond donors (Lipinski definition) is 2. The number of nitrogens with zero attached hydrogens (tertiary/aromatic N) is 3. The van der Waals surface area contributed by atoms with E-state index in [0.717, 1.165) is 40.6 Å². The van der Waals surface area contributed by atoms with Crippen molar-refractivity contribution in [2.24, 2.45) is 0 Å². The zero-order valence-electron chi connectivity index (χ0n) is 14.0. The first-order chi connectivity index (χ1) is 11.0. The zero-order valence-corrected chi connectivity index (χ0v) is 14.0. The Morgan fingerprint density at radius 3 is 2.65 bits per heavy atom. The molecule has 3 rings (SSSR count). The number of nitrogen functional groups attached to an aromatic ring is 1. The first kappa shape index (κ1) is 15.7. The Kier molecular flexibility index (Phi) is 3.98. The summed E-state index contributed by atoms with van der Waals surface area (Å²) in [4.78, 5) is 9.17. The predicted octanol–water partition coefficient (Wildman–Crippen LogP) is 3.28. The van der Waals surface area contributed by atoms with Gasteiger partial charge < -0.3 is 15.4 Å². The molecule has 0 aliphatic rings. The highest BCUT2D eigenvalue weighted by atomic mass is 16.3. The Balaban J connectivity index is 2.22. The third-order valence-corrected chi connectivity index (χ3v) is 4.64. The molecule has 1 atom stereocenters. The number of rotatable bonds is 5. The standard InChI is InChI=1S/C18H24N4O/c1-4-14-21-15-16(22(14)11-10-18(3,23)5-2)12-8-6-7-9-13(12)20-17(15)19/h6-9,23H,4-5,10-11H2,1-3H3,(H2,19,20). The smallest absolute Gasteiger partial charge is 0.152 e. The van der Waals surface area contributed by atoms with Gasteiger partial charge in [0.05, 0.1) is 16.6 Å². The first-order valence-corrected chi connectivity index (χ1v) is 8.22. The lowest BCUT2D eigenvalue weighted by molar-refractivity contribution is 0.0427. The number of nitrogens with two attached hydrogens (primary N) is 1. The molecule has 0 spiro atoms. The normalized spacial score (nSPS) is 14.4. The number of imidazole rings is 1. The highest BCUT2D eigenvalue weighted by Gasteiger charge is 2.21. The molecule has 0 aliphatic carbocycles. The minimum absolute atomic E-state index is 0.467. The minimum Gasteiger partial charge on any atom is -0.390 e. The minimum atomic E-state index is -0.671. The molecule has 0 saturated carbocycles. The van der Waals surface area contributed by atoms with Crippen LogP contribution < -0.4 is 5.73 Å². The van der Waals surface area contributed by atoms with Gasteiger partial charge in [-0.3, -0.25) is 0 Å². The SMILES string of the molecule is CCc1nc2c(N)nc3ccccc3c2n1CCC(C)(O)CC. The van der Waals surface area contributed by atoms with Gasteiger partial charge in [0, 0.05) is 18.4 Å². The van der Waals surface area contributed by atoms with E-state index in [1.54, 1.807) is 0 Å². The second-order valence-corrected chi connectivity index (χ2v) is 6.35. The van der Waals surface area contributed by atoms with Crippen LogP contribution in [0.1, 0.15) is 39.4 Å². The molecule has 5 heteroatoms. The summed E-state index contributed by atoms with van der Waals surface area (Å²) >= 11 is 0. The second-order valence-electron chi connectivity index (χ2n) is 6.35. The number of benzene rings is 1. The molecule has 0 bridgehead atoms. The van der Waals surface area contributed by atoms with Crippen LogP contribution in [0.3, 0.4) is 0 Å². The molecule has 0 saturated heterocycles. The van der Waals surface area contributed by atoms with Crippen molar-refractivity contribution in [3.05, 3.63) is 30.1 Å². The van der Waals surface area contributed by atoms with Crippen molar-refractivity contribution in [1.29, 1.82) is 0 Å². The van der Waals surface area contributed by atoms with Crippen molar-refractivity contribution in [3.8, 4) is 0 Å². The van der Waals surface area contributed by atoms with E-state index in [1.165, 1.54) is 0 Å². The molecule has 3 aromatic rings. The van der Waals surface area contributed by atoms with Crippen LogP contribution in [0, 0.1) is 0 Å². The fourth-order valence-corrected chi connectivity index (χ4v) is 2.95. The van der Waals surface area contributed by atoms with E-state index >= 15 is 0 Å². The van der Waals surface area contributed by atoms with Crippen molar-refractivity contribution < 1.29 is 5.11 Å². The van der Waals surface area contributed by atoms with Gasteiger partial charge in [0.2, 0.25) is 0 Å². The van der Waals surface area contributed by atoms with E-state index in [9.17, 15) is 5.11 Å². The Morgan fingerprint density at radius 2 is 1.96 bits per heavy atom. The number of aliphatic hydroxyl groups is 1. The first-order valence-electron chi connectivity index (χ1n) is 8.22. The van der Waals surface area contributed by atoms with Crippen LogP contribution >= 0.6 is 0 Å². The number of para-hydroxylation sites is 1. The molecule has 5 nitrogen and oxygen atoms in total. The summed E-state index contributed by atoms with van der Waals surface area (Å²) in [5.41, 5.74) is 8.12. The van der Waals surface area contributed by atoms with Gasteiger partial charge in [-0.15, -0.1) is 0 Å². The number of anilines is 1. The third kappa shape index (κ3) is 2.77. The molecule has 2 aromatic heterocycles. The number of aromatic nitrogens is 3. The lowest BCUT2D eigenvalue weighted by Gasteiger charge is -2.22. The van der Waals surface area contributed by atoms with Gasteiger partial charge in [-0.2, -0.15) is 0 Å². The summed E-state index contributed by atoms with van der Waals surface area (Å²) in [7, 11) is 0. The van der Waals surface area contributed by atoms with Gasteiger partial charge in [-0.05, 0) is 25.8 Å². The van der Waals surface area contributed by atoms with Crippen LogP contribution in [0.2, 0.25) is 0 Å². The maximum Gasteiger partial charge on any atom is 0.152 e. The van der Waals surface area contributed by atoms with Gasteiger partial charge in [0.15, 0.2) is 5.82 Å². The summed E-state index contributed by atoms with van der Waals surface area (Å²) < 4.78 is 2.19. The van der Waals surface area contributed by atoms with Crippen LogP contribution in [0.25, 0.3) is 21.9 Å². The Bertz CT molecular complexity index is 851. The Labute approximate surface area is 136 Å². The number of hydrogen-bond acceptors (Lipinski definition) is 4. The van der Waals surface area contributed by atoms with Crippen LogP contribution in [0.4, 0.5) is 5.82 Å². The van der Waals surface area contributed by atoms with Gasteiger partial charge in [0.25, 0.3) is 0 Å². The fourth-order valence-electron chi connectivity index (χ4n) is 2.95. The fraction of sp³-hybridized carbons (Fsp3) is 0.444.